The minimum absolute atomic E-state index is 0.709. The Morgan fingerprint density at radius 3 is 3.00 bits per heavy atom. The Morgan fingerprint density at radius 1 is 1.27 bits per heavy atom. The lowest BCUT2D eigenvalue weighted by Gasteiger charge is -2.40. The molecule has 3 rings (SSSR count). The van der Waals surface area contributed by atoms with Crippen molar-refractivity contribution in [3.63, 3.8) is 0 Å². The summed E-state index contributed by atoms with van der Waals surface area (Å²) >= 11 is 0. The molecule has 0 bridgehead atoms. The van der Waals surface area contributed by atoms with Crippen LogP contribution in [0.3, 0.4) is 0 Å². The van der Waals surface area contributed by atoms with E-state index in [0.717, 1.165) is 30.4 Å². The Bertz CT molecular complexity index is 536. The Kier molecular flexibility index (Phi) is 4.94. The highest BCUT2D eigenvalue weighted by molar-refractivity contribution is 5.57. The molecule has 0 saturated carbocycles. The van der Waals surface area contributed by atoms with E-state index in [4.69, 9.17) is 0 Å². The molecule has 4 heteroatoms. The maximum absolute atomic E-state index is 9.30. The van der Waals surface area contributed by atoms with Crippen LogP contribution in [0.25, 0.3) is 0 Å². The van der Waals surface area contributed by atoms with Gasteiger partial charge in [0.25, 0.3) is 0 Å². The molecule has 3 heterocycles. The molecule has 2 unspecified atom stereocenters. The Labute approximate surface area is 133 Å². The predicted octanol–water partition coefficient (Wildman–Crippen LogP) is 3.04. The zero-order chi connectivity index (χ0) is 15.4. The fourth-order valence-corrected chi connectivity index (χ4v) is 3.93. The number of aromatic nitrogens is 1. The molecule has 2 fully saturated rings. The van der Waals surface area contributed by atoms with Crippen LogP contribution in [-0.2, 0) is 0 Å². The van der Waals surface area contributed by atoms with Gasteiger partial charge in [-0.05, 0) is 51.1 Å². The summed E-state index contributed by atoms with van der Waals surface area (Å²) in [5.74, 6) is 0.709. The lowest BCUT2D eigenvalue weighted by molar-refractivity contribution is 0.130. The van der Waals surface area contributed by atoms with Crippen molar-refractivity contribution in [2.75, 3.05) is 31.1 Å². The highest BCUT2D eigenvalue weighted by atomic mass is 15.2. The third-order valence-corrected chi connectivity index (χ3v) is 5.21. The van der Waals surface area contributed by atoms with E-state index in [0.29, 0.717) is 5.92 Å². The van der Waals surface area contributed by atoms with Gasteiger partial charge in [0, 0.05) is 31.9 Å². The standard InChI is InChI=1S/C18H26N4/c1-15-5-2-3-9-21(15)13-16-6-4-10-22(14-16)18-12-20-8-7-17(18)11-19/h7-8,12,15-16H,2-6,9-10,13-14H2,1H3. The number of nitriles is 1. The smallest absolute Gasteiger partial charge is 0.101 e. The second-order valence-electron chi connectivity index (χ2n) is 6.80. The average molecular weight is 298 g/mol. The second kappa shape index (κ2) is 7.11. The molecule has 0 radical (unpaired) electrons. The minimum Gasteiger partial charge on any atom is -0.369 e. The largest absolute Gasteiger partial charge is 0.369 e. The molecule has 2 aliphatic heterocycles. The van der Waals surface area contributed by atoms with Crippen LogP contribution >= 0.6 is 0 Å². The number of pyridine rings is 1. The van der Waals surface area contributed by atoms with Crippen LogP contribution in [0.5, 0.6) is 0 Å². The quantitative estimate of drug-likeness (QED) is 0.860. The molecule has 0 aromatic carbocycles. The van der Waals surface area contributed by atoms with E-state index in [1.807, 2.05) is 12.3 Å². The molecule has 0 N–H and O–H groups in total. The van der Waals surface area contributed by atoms with Gasteiger partial charge in [0.15, 0.2) is 0 Å². The SMILES string of the molecule is CC1CCCCN1CC1CCCN(c2cnccc2C#N)C1. The first kappa shape index (κ1) is 15.3. The van der Waals surface area contributed by atoms with Crippen molar-refractivity contribution >= 4 is 5.69 Å². The van der Waals surface area contributed by atoms with Crippen LogP contribution in [0, 0.1) is 17.2 Å². The molecule has 0 amide bonds. The first-order valence-corrected chi connectivity index (χ1v) is 8.61. The fourth-order valence-electron chi connectivity index (χ4n) is 3.93. The third-order valence-electron chi connectivity index (χ3n) is 5.21. The first-order chi connectivity index (χ1) is 10.8. The summed E-state index contributed by atoms with van der Waals surface area (Å²) in [4.78, 5) is 9.26. The van der Waals surface area contributed by atoms with Gasteiger partial charge in [0.2, 0.25) is 0 Å². The second-order valence-corrected chi connectivity index (χ2v) is 6.80. The van der Waals surface area contributed by atoms with E-state index in [2.05, 4.69) is 27.8 Å². The molecule has 2 aliphatic rings. The number of rotatable bonds is 3. The number of likely N-dealkylation sites (tertiary alicyclic amines) is 1. The highest BCUT2D eigenvalue weighted by Crippen LogP contribution is 2.27. The summed E-state index contributed by atoms with van der Waals surface area (Å²) in [6, 6.07) is 4.86. The van der Waals surface area contributed by atoms with Crippen LogP contribution in [0.15, 0.2) is 18.5 Å². The van der Waals surface area contributed by atoms with Gasteiger partial charge in [-0.15, -0.1) is 0 Å². The Balaban J connectivity index is 1.65. The molecule has 2 saturated heterocycles. The van der Waals surface area contributed by atoms with Gasteiger partial charge in [-0.3, -0.25) is 4.98 Å². The summed E-state index contributed by atoms with van der Waals surface area (Å²) in [5, 5.41) is 9.30. The van der Waals surface area contributed by atoms with E-state index in [1.165, 1.54) is 45.2 Å². The average Bonchev–Trinajstić information content (AvgIpc) is 2.57. The zero-order valence-electron chi connectivity index (χ0n) is 13.5. The van der Waals surface area contributed by atoms with E-state index in [-0.39, 0.29) is 0 Å². The molecule has 4 nitrogen and oxygen atoms in total. The highest BCUT2D eigenvalue weighted by Gasteiger charge is 2.26. The van der Waals surface area contributed by atoms with Crippen LogP contribution in [0.2, 0.25) is 0 Å². The van der Waals surface area contributed by atoms with Crippen LogP contribution < -0.4 is 4.90 Å². The van der Waals surface area contributed by atoms with Gasteiger partial charge in [-0.1, -0.05) is 6.42 Å². The maximum atomic E-state index is 9.30. The van der Waals surface area contributed by atoms with Crippen molar-refractivity contribution in [1.82, 2.24) is 9.88 Å². The Morgan fingerprint density at radius 2 is 2.18 bits per heavy atom. The number of anilines is 1. The van der Waals surface area contributed by atoms with Crippen molar-refractivity contribution in [2.45, 2.75) is 45.1 Å². The topological polar surface area (TPSA) is 43.2 Å². The van der Waals surface area contributed by atoms with Crippen LogP contribution in [-0.4, -0.2) is 42.1 Å². The minimum atomic E-state index is 0.709. The molecule has 2 atom stereocenters. The van der Waals surface area contributed by atoms with Gasteiger partial charge in [0.1, 0.15) is 6.07 Å². The summed E-state index contributed by atoms with van der Waals surface area (Å²) in [6.07, 6.45) is 10.2. The summed E-state index contributed by atoms with van der Waals surface area (Å²) < 4.78 is 0. The van der Waals surface area contributed by atoms with Crippen molar-refractivity contribution < 1.29 is 0 Å². The monoisotopic (exact) mass is 298 g/mol. The molecular weight excluding hydrogens is 272 g/mol. The van der Waals surface area contributed by atoms with Gasteiger partial charge in [-0.2, -0.15) is 5.26 Å². The van der Waals surface area contributed by atoms with Gasteiger partial charge < -0.3 is 9.80 Å². The van der Waals surface area contributed by atoms with Gasteiger partial charge >= 0.3 is 0 Å². The zero-order valence-corrected chi connectivity index (χ0v) is 13.5. The van der Waals surface area contributed by atoms with Gasteiger partial charge in [0.05, 0.1) is 17.4 Å². The van der Waals surface area contributed by atoms with Crippen LogP contribution in [0.4, 0.5) is 5.69 Å². The van der Waals surface area contributed by atoms with Gasteiger partial charge in [-0.25, -0.2) is 0 Å². The Hall–Kier alpha value is -1.60. The summed E-state index contributed by atoms with van der Waals surface area (Å²) in [7, 11) is 0. The molecule has 0 aliphatic carbocycles. The normalized spacial score (nSPS) is 26.6. The van der Waals surface area contributed by atoms with E-state index >= 15 is 0 Å². The molecular formula is C18H26N4. The summed E-state index contributed by atoms with van der Waals surface area (Å²) in [6.45, 7) is 6.94. The molecule has 1 aromatic rings. The first-order valence-electron chi connectivity index (χ1n) is 8.61. The predicted molar refractivity (Wildman–Crippen MR) is 88.8 cm³/mol. The van der Waals surface area contributed by atoms with Crippen molar-refractivity contribution in [2.24, 2.45) is 5.92 Å². The lowest BCUT2D eigenvalue weighted by atomic mass is 9.94. The molecule has 0 spiro atoms. The van der Waals surface area contributed by atoms with Crippen LogP contribution in [0.1, 0.15) is 44.6 Å². The van der Waals surface area contributed by atoms with Crippen molar-refractivity contribution in [3.8, 4) is 6.07 Å². The van der Waals surface area contributed by atoms with E-state index < -0.39 is 0 Å². The fraction of sp³-hybridized carbons (Fsp3) is 0.667. The number of hydrogen-bond donors (Lipinski definition) is 0. The van der Waals surface area contributed by atoms with E-state index in [9.17, 15) is 5.26 Å². The van der Waals surface area contributed by atoms with Crippen molar-refractivity contribution in [3.05, 3.63) is 24.0 Å². The molecule has 1 aromatic heterocycles. The number of piperidine rings is 2. The summed E-state index contributed by atoms with van der Waals surface area (Å²) in [5.41, 5.74) is 1.77. The maximum Gasteiger partial charge on any atom is 0.101 e. The molecule has 22 heavy (non-hydrogen) atoms. The third kappa shape index (κ3) is 3.41. The lowest BCUT2D eigenvalue weighted by Crippen LogP contribution is -2.45. The van der Waals surface area contributed by atoms with Crippen molar-refractivity contribution in [1.29, 1.82) is 5.26 Å². The molecule has 118 valence electrons. The number of nitrogens with zero attached hydrogens (tertiary/aromatic N) is 4. The van der Waals surface area contributed by atoms with E-state index in [1.54, 1.807) is 6.20 Å². The number of hydrogen-bond acceptors (Lipinski definition) is 4.